The molecule has 0 fully saturated rings. The number of unbranched alkanes of at least 4 members (excludes halogenated alkanes) is 1. The zero-order chi connectivity index (χ0) is 14.8. The van der Waals surface area contributed by atoms with Crippen molar-refractivity contribution in [3.05, 3.63) is 9.86 Å². The Kier molecular flexibility index (Phi) is 11.0. The molecule has 0 N–H and O–H groups in total. The fraction of sp³-hybridized carbons (Fsp3) is 0.875. The van der Waals surface area contributed by atoms with Crippen LogP contribution in [0.4, 0.5) is 0 Å². The fourth-order valence-corrected chi connectivity index (χ4v) is 6.26. The summed E-state index contributed by atoms with van der Waals surface area (Å²) in [6.07, 6.45) is 8.41. The van der Waals surface area contributed by atoms with Gasteiger partial charge in [0.1, 0.15) is 0 Å². The van der Waals surface area contributed by atoms with E-state index in [0.717, 1.165) is 12.8 Å². The van der Waals surface area contributed by atoms with E-state index in [1.807, 2.05) is 0 Å². The van der Waals surface area contributed by atoms with Crippen LogP contribution in [-0.4, -0.2) is 13.9 Å². The fourth-order valence-electron chi connectivity index (χ4n) is 2.79. The molecule has 0 saturated carbocycles. The molecule has 0 rings (SSSR count). The van der Waals surface area contributed by atoms with Crippen molar-refractivity contribution in [1.82, 2.24) is 0 Å². The van der Waals surface area contributed by atoms with Crippen LogP contribution in [0.5, 0.6) is 0 Å². The van der Waals surface area contributed by atoms with Gasteiger partial charge in [0.15, 0.2) is 0 Å². The zero-order valence-corrected chi connectivity index (χ0v) is 17.2. The number of hydrogen-bond acceptors (Lipinski definition) is 1. The van der Waals surface area contributed by atoms with Crippen molar-refractivity contribution in [2.45, 2.75) is 90.5 Å². The Bertz CT molecular complexity index is 243. The van der Waals surface area contributed by atoms with Crippen molar-refractivity contribution in [2.24, 2.45) is 0 Å². The van der Waals surface area contributed by atoms with E-state index in [9.17, 15) is 0 Å². The SMILES string of the molecule is CCCCC(CC)(C/C=[CH]/[Zr])O[Si](CC)(CC)CC. The minimum absolute atomic E-state index is 0.122. The van der Waals surface area contributed by atoms with Crippen LogP contribution in [0.25, 0.3) is 0 Å². The number of rotatable bonds is 11. The zero-order valence-electron chi connectivity index (χ0n) is 13.7. The van der Waals surface area contributed by atoms with E-state index < -0.39 is 8.32 Å². The summed E-state index contributed by atoms with van der Waals surface area (Å²) in [4.78, 5) is 0. The quantitative estimate of drug-likeness (QED) is 0.423. The van der Waals surface area contributed by atoms with Gasteiger partial charge in [-0.2, -0.15) is 0 Å². The van der Waals surface area contributed by atoms with Crippen molar-refractivity contribution in [3.63, 3.8) is 0 Å². The maximum atomic E-state index is 6.92. The van der Waals surface area contributed by atoms with Gasteiger partial charge < -0.3 is 0 Å². The van der Waals surface area contributed by atoms with Gasteiger partial charge in [-0.1, -0.05) is 0 Å². The Morgan fingerprint density at radius 2 is 1.63 bits per heavy atom. The predicted octanol–water partition coefficient (Wildman–Crippen LogP) is 5.80. The van der Waals surface area contributed by atoms with Crippen molar-refractivity contribution < 1.29 is 29.1 Å². The first-order valence-corrected chi connectivity index (χ1v) is 12.0. The molecule has 0 aliphatic rings. The Morgan fingerprint density at radius 1 is 1.05 bits per heavy atom. The van der Waals surface area contributed by atoms with Crippen LogP contribution in [0.2, 0.25) is 18.1 Å². The molecular formula is C16H33OSiZr. The summed E-state index contributed by atoms with van der Waals surface area (Å²) in [5.74, 6) is 0. The Balaban J connectivity index is 5.07. The molecule has 0 heterocycles. The molecule has 0 aromatic carbocycles. The molecule has 19 heavy (non-hydrogen) atoms. The van der Waals surface area contributed by atoms with E-state index in [4.69, 9.17) is 4.43 Å². The first-order chi connectivity index (χ1) is 9.07. The second-order valence-corrected chi connectivity index (χ2v) is 11.1. The summed E-state index contributed by atoms with van der Waals surface area (Å²) in [5.41, 5.74) is 0.122. The van der Waals surface area contributed by atoms with Crippen LogP contribution < -0.4 is 0 Å². The van der Waals surface area contributed by atoms with Gasteiger partial charge in [0.2, 0.25) is 0 Å². The van der Waals surface area contributed by atoms with Crippen molar-refractivity contribution >= 4 is 8.32 Å². The molecule has 0 aliphatic heterocycles. The van der Waals surface area contributed by atoms with Gasteiger partial charge in [-0.25, -0.2) is 0 Å². The van der Waals surface area contributed by atoms with Crippen molar-refractivity contribution in [2.75, 3.05) is 0 Å². The Hall–Kier alpha value is 0.800. The Labute approximate surface area is 137 Å². The van der Waals surface area contributed by atoms with E-state index in [-0.39, 0.29) is 5.60 Å². The van der Waals surface area contributed by atoms with Crippen molar-refractivity contribution in [1.29, 1.82) is 0 Å². The van der Waals surface area contributed by atoms with Gasteiger partial charge in [0.05, 0.1) is 0 Å². The van der Waals surface area contributed by atoms with Crippen LogP contribution in [0.15, 0.2) is 9.86 Å². The van der Waals surface area contributed by atoms with E-state index in [0.29, 0.717) is 0 Å². The molecule has 0 aromatic rings. The van der Waals surface area contributed by atoms with Gasteiger partial charge in [-0.3, -0.25) is 0 Å². The van der Waals surface area contributed by atoms with Gasteiger partial charge in [0.25, 0.3) is 0 Å². The minimum atomic E-state index is -1.50. The first-order valence-electron chi connectivity index (χ1n) is 8.10. The molecule has 111 valence electrons. The Morgan fingerprint density at radius 3 is 2.00 bits per heavy atom. The maximum absolute atomic E-state index is 6.92. The van der Waals surface area contributed by atoms with Gasteiger partial charge in [-0.05, 0) is 0 Å². The summed E-state index contributed by atoms with van der Waals surface area (Å²) in [6.45, 7) is 11.6. The molecule has 0 spiro atoms. The van der Waals surface area contributed by atoms with E-state index in [2.05, 4.69) is 44.5 Å². The summed E-state index contributed by atoms with van der Waals surface area (Å²) >= 11 is 1.50. The third-order valence-corrected chi connectivity index (χ3v) is 9.92. The molecule has 0 amide bonds. The first kappa shape index (κ1) is 19.8. The van der Waals surface area contributed by atoms with Gasteiger partial charge >= 0.3 is 138 Å². The standard InChI is InChI=1S/C16H33OSi.Zr/c1-7-13-15-16(9-3,14-8-2)17-18(10-4,11-5)12-6;/h2,8H,7,9-15H2,1,3-6H3;. The van der Waals surface area contributed by atoms with Gasteiger partial charge in [0, 0.05) is 0 Å². The van der Waals surface area contributed by atoms with Crippen LogP contribution in [0.1, 0.15) is 66.7 Å². The van der Waals surface area contributed by atoms with Crippen LogP contribution in [0, 0.1) is 0 Å². The molecule has 1 unspecified atom stereocenters. The van der Waals surface area contributed by atoms with Crippen molar-refractivity contribution in [3.8, 4) is 0 Å². The molecule has 1 nitrogen and oxygen atoms in total. The molecular weight excluding hydrogens is 327 g/mol. The average Bonchev–Trinajstić information content (AvgIpc) is 2.47. The van der Waals surface area contributed by atoms with E-state index in [1.54, 1.807) is 0 Å². The molecule has 0 radical (unpaired) electrons. The summed E-state index contributed by atoms with van der Waals surface area (Å²) in [6, 6.07) is 3.78. The molecule has 0 aromatic heterocycles. The molecule has 1 atom stereocenters. The molecule has 3 heteroatoms. The monoisotopic (exact) mass is 359 g/mol. The second-order valence-electron chi connectivity index (χ2n) is 5.59. The number of hydrogen-bond donors (Lipinski definition) is 0. The van der Waals surface area contributed by atoms with Crippen LogP contribution >= 0.6 is 0 Å². The van der Waals surface area contributed by atoms with Crippen LogP contribution in [-0.2, 0) is 29.1 Å². The van der Waals surface area contributed by atoms with Gasteiger partial charge in [-0.15, -0.1) is 0 Å². The second kappa shape index (κ2) is 10.5. The summed E-state index contributed by atoms with van der Waals surface area (Å²) in [7, 11) is -1.50. The molecule has 0 aliphatic carbocycles. The predicted molar refractivity (Wildman–Crippen MR) is 84.6 cm³/mol. The van der Waals surface area contributed by atoms with E-state index >= 15 is 0 Å². The summed E-state index contributed by atoms with van der Waals surface area (Å²) in [5, 5.41) is 0. The third kappa shape index (κ3) is 6.40. The average molecular weight is 361 g/mol. The third-order valence-electron chi connectivity index (χ3n) is 4.60. The summed E-state index contributed by atoms with van der Waals surface area (Å²) < 4.78 is 9.19. The molecule has 0 saturated heterocycles. The topological polar surface area (TPSA) is 9.23 Å². The van der Waals surface area contributed by atoms with Crippen LogP contribution in [0.3, 0.4) is 0 Å². The molecule has 0 bridgehead atoms. The van der Waals surface area contributed by atoms with E-state index in [1.165, 1.54) is 62.1 Å². The normalized spacial score (nSPS) is 15.8.